The van der Waals surface area contributed by atoms with Crippen LogP contribution in [0.15, 0.2) is 0 Å². The van der Waals surface area contributed by atoms with E-state index in [0.29, 0.717) is 16.9 Å². The molecule has 0 spiro atoms. The first-order chi connectivity index (χ1) is 7.40. The van der Waals surface area contributed by atoms with Crippen LogP contribution >= 0.6 is 0 Å². The lowest BCUT2D eigenvalue weighted by Gasteiger charge is -2.43. The average molecular weight is 225 g/mol. The van der Waals surface area contributed by atoms with Crippen molar-refractivity contribution in [2.45, 2.75) is 65.5 Å². The van der Waals surface area contributed by atoms with Gasteiger partial charge in [0.25, 0.3) is 0 Å². The summed E-state index contributed by atoms with van der Waals surface area (Å²) in [4.78, 5) is 0. The molecule has 0 aromatic rings. The summed E-state index contributed by atoms with van der Waals surface area (Å²) in [5.41, 5.74) is 0.877. The molecule has 0 amide bonds. The van der Waals surface area contributed by atoms with Crippen LogP contribution in [0.3, 0.4) is 0 Å². The van der Waals surface area contributed by atoms with E-state index in [0.717, 1.165) is 18.9 Å². The van der Waals surface area contributed by atoms with Gasteiger partial charge in [0, 0.05) is 12.6 Å². The highest BCUT2D eigenvalue weighted by molar-refractivity contribution is 5.12. The molecule has 2 rings (SSSR count). The van der Waals surface area contributed by atoms with E-state index in [-0.39, 0.29) is 6.10 Å². The van der Waals surface area contributed by atoms with Crippen molar-refractivity contribution in [3.8, 4) is 0 Å². The molecule has 2 saturated carbocycles. The SMILES string of the molecule is CCC(O)CNC1C2(C)CCC(C2)C1(C)C. The van der Waals surface area contributed by atoms with E-state index in [1.165, 1.54) is 19.3 Å². The lowest BCUT2D eigenvalue weighted by atomic mass is 9.68. The molecule has 0 saturated heterocycles. The molecule has 94 valence electrons. The predicted molar refractivity (Wildman–Crippen MR) is 67.3 cm³/mol. The van der Waals surface area contributed by atoms with E-state index in [9.17, 15) is 5.11 Å². The third kappa shape index (κ3) is 1.80. The largest absolute Gasteiger partial charge is 0.392 e. The van der Waals surface area contributed by atoms with Crippen LogP contribution < -0.4 is 5.32 Å². The van der Waals surface area contributed by atoms with E-state index >= 15 is 0 Å². The van der Waals surface area contributed by atoms with Gasteiger partial charge in [-0.1, -0.05) is 27.7 Å². The van der Waals surface area contributed by atoms with Crippen molar-refractivity contribution < 1.29 is 5.11 Å². The zero-order valence-corrected chi connectivity index (χ0v) is 11.2. The fourth-order valence-electron chi connectivity index (χ4n) is 4.21. The van der Waals surface area contributed by atoms with Crippen LogP contribution in [0.5, 0.6) is 0 Å². The Morgan fingerprint density at radius 2 is 2.06 bits per heavy atom. The topological polar surface area (TPSA) is 32.3 Å². The average Bonchev–Trinajstić information content (AvgIpc) is 2.68. The monoisotopic (exact) mass is 225 g/mol. The van der Waals surface area contributed by atoms with Gasteiger partial charge >= 0.3 is 0 Å². The summed E-state index contributed by atoms with van der Waals surface area (Å²) in [6, 6.07) is 0.583. The molecular formula is C14H27NO. The van der Waals surface area contributed by atoms with Gasteiger partial charge in [-0.3, -0.25) is 0 Å². The fraction of sp³-hybridized carbons (Fsp3) is 1.00. The van der Waals surface area contributed by atoms with Gasteiger partial charge < -0.3 is 10.4 Å². The third-order valence-electron chi connectivity index (χ3n) is 5.30. The second-order valence-corrected chi connectivity index (χ2v) is 6.82. The first-order valence-corrected chi connectivity index (χ1v) is 6.81. The van der Waals surface area contributed by atoms with Crippen LogP contribution in [0.1, 0.15) is 53.4 Å². The molecule has 2 fully saturated rings. The molecule has 0 aliphatic heterocycles. The molecule has 2 heteroatoms. The Morgan fingerprint density at radius 1 is 1.38 bits per heavy atom. The maximum absolute atomic E-state index is 9.68. The second-order valence-electron chi connectivity index (χ2n) is 6.82. The lowest BCUT2D eigenvalue weighted by Crippen LogP contribution is -2.52. The first kappa shape index (κ1) is 12.4. The summed E-state index contributed by atoms with van der Waals surface area (Å²) in [6.07, 6.45) is 4.80. The van der Waals surface area contributed by atoms with Crippen molar-refractivity contribution in [1.82, 2.24) is 5.32 Å². The van der Waals surface area contributed by atoms with Crippen LogP contribution in [0.4, 0.5) is 0 Å². The lowest BCUT2D eigenvalue weighted by molar-refractivity contribution is 0.0870. The molecule has 0 heterocycles. The molecule has 2 nitrogen and oxygen atoms in total. The molecular weight excluding hydrogens is 198 g/mol. The van der Waals surface area contributed by atoms with E-state index in [4.69, 9.17) is 0 Å². The van der Waals surface area contributed by atoms with Gasteiger partial charge in [0.2, 0.25) is 0 Å². The zero-order valence-electron chi connectivity index (χ0n) is 11.2. The van der Waals surface area contributed by atoms with Crippen LogP contribution in [-0.2, 0) is 0 Å². The normalized spacial score (nSPS) is 42.6. The van der Waals surface area contributed by atoms with Crippen molar-refractivity contribution in [2.24, 2.45) is 16.7 Å². The van der Waals surface area contributed by atoms with Crippen molar-refractivity contribution >= 4 is 0 Å². The molecule has 4 atom stereocenters. The second kappa shape index (κ2) is 3.99. The number of hydrogen-bond donors (Lipinski definition) is 2. The fourth-order valence-corrected chi connectivity index (χ4v) is 4.21. The molecule has 2 aliphatic rings. The third-order valence-corrected chi connectivity index (χ3v) is 5.30. The van der Waals surface area contributed by atoms with Crippen molar-refractivity contribution in [3.05, 3.63) is 0 Å². The van der Waals surface area contributed by atoms with E-state index < -0.39 is 0 Å². The Hall–Kier alpha value is -0.0800. The summed E-state index contributed by atoms with van der Waals surface area (Å²) in [6.45, 7) is 10.0. The molecule has 2 bridgehead atoms. The summed E-state index contributed by atoms with van der Waals surface area (Å²) >= 11 is 0. The Kier molecular flexibility index (Phi) is 3.09. The molecule has 2 aliphatic carbocycles. The minimum Gasteiger partial charge on any atom is -0.392 e. The first-order valence-electron chi connectivity index (χ1n) is 6.81. The number of aliphatic hydroxyl groups is 1. The van der Waals surface area contributed by atoms with Crippen molar-refractivity contribution in [1.29, 1.82) is 0 Å². The Morgan fingerprint density at radius 3 is 2.56 bits per heavy atom. The maximum Gasteiger partial charge on any atom is 0.0662 e. The van der Waals surface area contributed by atoms with Crippen molar-refractivity contribution in [3.63, 3.8) is 0 Å². The summed E-state index contributed by atoms with van der Waals surface area (Å²) in [5, 5.41) is 13.3. The molecule has 4 unspecified atom stereocenters. The number of fused-ring (bicyclic) bond motifs is 2. The Bertz CT molecular complexity index is 259. The summed E-state index contributed by atoms with van der Waals surface area (Å²) in [7, 11) is 0. The minimum absolute atomic E-state index is 0.182. The van der Waals surface area contributed by atoms with Crippen LogP contribution in [0.2, 0.25) is 0 Å². The van der Waals surface area contributed by atoms with E-state index in [2.05, 4.69) is 26.1 Å². The smallest absolute Gasteiger partial charge is 0.0662 e. The molecule has 0 radical (unpaired) electrons. The maximum atomic E-state index is 9.68. The zero-order chi connectivity index (χ0) is 12.0. The highest BCUT2D eigenvalue weighted by Gasteiger charge is 2.58. The van der Waals surface area contributed by atoms with E-state index in [1.54, 1.807) is 0 Å². The van der Waals surface area contributed by atoms with Gasteiger partial charge in [-0.15, -0.1) is 0 Å². The summed E-state index contributed by atoms with van der Waals surface area (Å²) < 4.78 is 0. The molecule has 2 N–H and O–H groups in total. The number of rotatable bonds is 4. The molecule has 0 aromatic heterocycles. The Labute approximate surface area is 99.8 Å². The molecule has 0 aromatic carbocycles. The summed E-state index contributed by atoms with van der Waals surface area (Å²) in [5.74, 6) is 0.883. The van der Waals surface area contributed by atoms with Gasteiger partial charge in [-0.2, -0.15) is 0 Å². The number of hydrogen-bond acceptors (Lipinski definition) is 2. The standard InChI is InChI=1S/C14H27NO/c1-5-11(16)9-15-12-13(2,3)10-6-7-14(12,4)8-10/h10-12,15-16H,5-9H2,1-4H3. The van der Waals surface area contributed by atoms with Gasteiger partial charge in [0.05, 0.1) is 6.10 Å². The minimum atomic E-state index is -0.182. The number of nitrogens with one attached hydrogen (secondary N) is 1. The number of aliphatic hydroxyl groups excluding tert-OH is 1. The van der Waals surface area contributed by atoms with Gasteiger partial charge in [-0.25, -0.2) is 0 Å². The van der Waals surface area contributed by atoms with Gasteiger partial charge in [0.15, 0.2) is 0 Å². The van der Waals surface area contributed by atoms with Crippen molar-refractivity contribution in [2.75, 3.05) is 6.54 Å². The van der Waals surface area contributed by atoms with Crippen LogP contribution in [-0.4, -0.2) is 23.8 Å². The Balaban J connectivity index is 2.02. The van der Waals surface area contributed by atoms with Crippen LogP contribution in [0.25, 0.3) is 0 Å². The molecule has 16 heavy (non-hydrogen) atoms. The van der Waals surface area contributed by atoms with Gasteiger partial charge in [-0.05, 0) is 42.4 Å². The quantitative estimate of drug-likeness (QED) is 0.770. The highest BCUT2D eigenvalue weighted by Crippen LogP contribution is 2.62. The van der Waals surface area contributed by atoms with Gasteiger partial charge in [0.1, 0.15) is 0 Å². The van der Waals surface area contributed by atoms with Crippen LogP contribution in [0, 0.1) is 16.7 Å². The highest BCUT2D eigenvalue weighted by atomic mass is 16.3. The predicted octanol–water partition coefficient (Wildman–Crippen LogP) is 2.56. The van der Waals surface area contributed by atoms with E-state index in [1.807, 2.05) is 6.92 Å².